The van der Waals surface area contributed by atoms with Crippen molar-refractivity contribution < 1.29 is 9.90 Å². The van der Waals surface area contributed by atoms with E-state index in [1.54, 1.807) is 47.3 Å². The molecule has 0 amide bonds. The average molecular weight is 243 g/mol. The lowest BCUT2D eigenvalue weighted by Gasteiger charge is -2.03. The minimum absolute atomic E-state index is 0.0585. The smallest absolute Gasteiger partial charge is 0.356 e. The molecule has 0 unspecified atom stereocenters. The van der Waals surface area contributed by atoms with Gasteiger partial charge in [-0.15, -0.1) is 0 Å². The SMILES string of the molecule is Cn1cc2cc(-n3ccnc3)nc(C(=O)O)c2n1. The summed E-state index contributed by atoms with van der Waals surface area (Å²) in [6.07, 6.45) is 6.63. The van der Waals surface area contributed by atoms with E-state index in [1.165, 1.54) is 0 Å². The lowest BCUT2D eigenvalue weighted by atomic mass is 10.2. The van der Waals surface area contributed by atoms with Crippen molar-refractivity contribution in [3.63, 3.8) is 0 Å². The van der Waals surface area contributed by atoms with Crippen LogP contribution in [0.3, 0.4) is 0 Å². The fourth-order valence-electron chi connectivity index (χ4n) is 1.81. The molecule has 0 radical (unpaired) electrons. The number of carbonyl (C=O) groups is 1. The Balaban J connectivity index is 2.33. The van der Waals surface area contributed by atoms with Crippen molar-refractivity contribution in [2.75, 3.05) is 0 Å². The molecule has 0 aliphatic rings. The van der Waals surface area contributed by atoms with E-state index in [9.17, 15) is 9.90 Å². The second-order valence-electron chi connectivity index (χ2n) is 3.84. The summed E-state index contributed by atoms with van der Waals surface area (Å²) in [5, 5.41) is 14.0. The zero-order valence-corrected chi connectivity index (χ0v) is 9.48. The fourth-order valence-corrected chi connectivity index (χ4v) is 1.81. The highest BCUT2D eigenvalue weighted by molar-refractivity contribution is 6.00. The largest absolute Gasteiger partial charge is 0.476 e. The molecule has 18 heavy (non-hydrogen) atoms. The van der Waals surface area contributed by atoms with E-state index in [0.29, 0.717) is 11.3 Å². The number of nitrogens with zero attached hydrogens (tertiary/aromatic N) is 5. The fraction of sp³-hybridized carbons (Fsp3) is 0.0909. The second kappa shape index (κ2) is 3.66. The van der Waals surface area contributed by atoms with Gasteiger partial charge in [0.15, 0.2) is 5.69 Å². The molecule has 0 bridgehead atoms. The quantitative estimate of drug-likeness (QED) is 0.721. The molecule has 0 spiro atoms. The molecular weight excluding hydrogens is 234 g/mol. The van der Waals surface area contributed by atoms with Gasteiger partial charge in [0.25, 0.3) is 0 Å². The number of rotatable bonds is 2. The number of hydrogen-bond donors (Lipinski definition) is 1. The van der Waals surface area contributed by atoms with Crippen LogP contribution in [-0.4, -0.2) is 35.4 Å². The van der Waals surface area contributed by atoms with Crippen LogP contribution < -0.4 is 0 Å². The van der Waals surface area contributed by atoms with Crippen LogP contribution in [0.25, 0.3) is 16.7 Å². The molecule has 7 nitrogen and oxygen atoms in total. The highest BCUT2D eigenvalue weighted by atomic mass is 16.4. The van der Waals surface area contributed by atoms with Gasteiger partial charge in [0.05, 0.1) is 0 Å². The molecule has 0 aliphatic heterocycles. The van der Waals surface area contributed by atoms with Gasteiger partial charge in [-0.05, 0) is 6.07 Å². The molecule has 3 aromatic heterocycles. The Labute approximate surface area is 101 Å². The van der Waals surface area contributed by atoms with Crippen molar-refractivity contribution in [1.82, 2.24) is 24.3 Å². The predicted molar refractivity (Wildman–Crippen MR) is 62.6 cm³/mol. The maximum atomic E-state index is 11.2. The van der Waals surface area contributed by atoms with Crippen LogP contribution >= 0.6 is 0 Å². The Morgan fingerprint density at radius 2 is 2.28 bits per heavy atom. The van der Waals surface area contributed by atoms with E-state index in [-0.39, 0.29) is 5.69 Å². The number of aromatic carboxylic acids is 1. The third kappa shape index (κ3) is 1.53. The monoisotopic (exact) mass is 243 g/mol. The number of carboxylic acid groups (broad SMARTS) is 1. The third-order valence-corrected chi connectivity index (χ3v) is 2.56. The van der Waals surface area contributed by atoms with Gasteiger partial charge in [-0.1, -0.05) is 0 Å². The van der Waals surface area contributed by atoms with Crippen LogP contribution in [-0.2, 0) is 7.05 Å². The van der Waals surface area contributed by atoms with Gasteiger partial charge in [0, 0.05) is 31.0 Å². The summed E-state index contributed by atoms with van der Waals surface area (Å²) in [7, 11) is 1.74. The van der Waals surface area contributed by atoms with E-state index in [2.05, 4.69) is 15.1 Å². The molecule has 3 heterocycles. The van der Waals surface area contributed by atoms with Gasteiger partial charge in [0.1, 0.15) is 17.7 Å². The van der Waals surface area contributed by atoms with E-state index < -0.39 is 5.97 Å². The summed E-state index contributed by atoms with van der Waals surface area (Å²) in [5.41, 5.74) is 0.325. The Bertz CT molecular complexity index is 729. The van der Waals surface area contributed by atoms with Gasteiger partial charge < -0.3 is 5.11 Å². The standard InChI is InChI=1S/C11H9N5O2/c1-15-5-7-4-8(16-3-2-12-6-16)13-10(11(17)18)9(7)14-15/h2-6H,1H3,(H,17,18). The summed E-state index contributed by atoms with van der Waals surface area (Å²) in [4.78, 5) is 19.2. The number of hydrogen-bond acceptors (Lipinski definition) is 4. The number of pyridine rings is 1. The molecule has 0 atom stereocenters. The van der Waals surface area contributed by atoms with Crippen LogP contribution in [0, 0.1) is 0 Å². The first-order valence-corrected chi connectivity index (χ1v) is 5.21. The van der Waals surface area contributed by atoms with Gasteiger partial charge >= 0.3 is 5.97 Å². The summed E-state index contributed by atoms with van der Waals surface area (Å²) in [6.45, 7) is 0. The number of fused-ring (bicyclic) bond motifs is 1. The minimum Gasteiger partial charge on any atom is -0.476 e. The average Bonchev–Trinajstić information content (AvgIpc) is 2.93. The number of aryl methyl sites for hydroxylation is 1. The topological polar surface area (TPSA) is 85.8 Å². The van der Waals surface area contributed by atoms with Crippen molar-refractivity contribution >= 4 is 16.9 Å². The zero-order chi connectivity index (χ0) is 12.7. The highest BCUT2D eigenvalue weighted by Gasteiger charge is 2.16. The molecular formula is C11H9N5O2. The van der Waals surface area contributed by atoms with Crippen molar-refractivity contribution in [1.29, 1.82) is 0 Å². The van der Waals surface area contributed by atoms with Crippen molar-refractivity contribution in [3.05, 3.63) is 36.7 Å². The van der Waals surface area contributed by atoms with Crippen LogP contribution in [0.4, 0.5) is 0 Å². The lowest BCUT2D eigenvalue weighted by molar-refractivity contribution is 0.0692. The first kappa shape index (κ1) is 10.5. The van der Waals surface area contributed by atoms with E-state index in [0.717, 1.165) is 5.39 Å². The van der Waals surface area contributed by atoms with E-state index in [4.69, 9.17) is 0 Å². The molecule has 7 heteroatoms. The molecule has 1 N–H and O–H groups in total. The third-order valence-electron chi connectivity index (χ3n) is 2.56. The number of imidazole rings is 1. The summed E-state index contributed by atoms with van der Waals surface area (Å²) < 4.78 is 3.22. The second-order valence-corrected chi connectivity index (χ2v) is 3.84. The minimum atomic E-state index is -1.10. The van der Waals surface area contributed by atoms with Crippen molar-refractivity contribution in [2.45, 2.75) is 0 Å². The first-order valence-electron chi connectivity index (χ1n) is 5.21. The maximum absolute atomic E-state index is 11.2. The highest BCUT2D eigenvalue weighted by Crippen LogP contribution is 2.18. The summed E-state index contributed by atoms with van der Waals surface area (Å²) >= 11 is 0. The Kier molecular flexibility index (Phi) is 2.12. The van der Waals surface area contributed by atoms with Crippen LogP contribution in [0.1, 0.15) is 10.5 Å². The van der Waals surface area contributed by atoms with Crippen LogP contribution in [0.2, 0.25) is 0 Å². The normalized spacial score (nSPS) is 10.9. The first-order chi connectivity index (χ1) is 8.65. The van der Waals surface area contributed by atoms with Gasteiger partial charge in [-0.2, -0.15) is 5.10 Å². The predicted octanol–water partition coefficient (Wildman–Crippen LogP) is 0.852. The zero-order valence-electron chi connectivity index (χ0n) is 9.48. The molecule has 3 aromatic rings. The Morgan fingerprint density at radius 3 is 2.94 bits per heavy atom. The molecule has 0 fully saturated rings. The van der Waals surface area contributed by atoms with E-state index in [1.807, 2.05) is 0 Å². The number of carboxylic acids is 1. The Hall–Kier alpha value is -2.70. The van der Waals surface area contributed by atoms with Crippen LogP contribution in [0.5, 0.6) is 0 Å². The summed E-state index contributed by atoms with van der Waals surface area (Å²) in [6, 6.07) is 1.77. The Morgan fingerprint density at radius 1 is 1.44 bits per heavy atom. The van der Waals surface area contributed by atoms with Gasteiger partial charge in [-0.25, -0.2) is 14.8 Å². The molecule has 0 aliphatic carbocycles. The van der Waals surface area contributed by atoms with Crippen molar-refractivity contribution in [2.24, 2.45) is 7.05 Å². The maximum Gasteiger partial charge on any atom is 0.356 e. The number of aromatic nitrogens is 5. The van der Waals surface area contributed by atoms with Gasteiger partial charge in [-0.3, -0.25) is 9.25 Å². The summed E-state index contributed by atoms with van der Waals surface area (Å²) in [5.74, 6) is -0.592. The van der Waals surface area contributed by atoms with Crippen molar-refractivity contribution in [3.8, 4) is 5.82 Å². The molecule has 0 saturated carbocycles. The molecule has 3 rings (SSSR count). The van der Waals surface area contributed by atoms with E-state index >= 15 is 0 Å². The lowest BCUT2D eigenvalue weighted by Crippen LogP contribution is -2.05. The molecule has 0 aromatic carbocycles. The van der Waals surface area contributed by atoms with Gasteiger partial charge in [0.2, 0.25) is 0 Å². The molecule has 90 valence electrons. The molecule has 0 saturated heterocycles. The van der Waals surface area contributed by atoms with Crippen LogP contribution in [0.15, 0.2) is 31.0 Å².